The van der Waals surface area contributed by atoms with Crippen LogP contribution < -0.4 is 4.90 Å². The summed E-state index contributed by atoms with van der Waals surface area (Å²) in [6.45, 7) is 0.706. The average molecular weight is 279 g/mol. The fourth-order valence-corrected chi connectivity index (χ4v) is 3.11. The van der Waals surface area contributed by atoms with Gasteiger partial charge < -0.3 is 14.9 Å². The van der Waals surface area contributed by atoms with Crippen molar-refractivity contribution in [2.24, 2.45) is 0 Å². The summed E-state index contributed by atoms with van der Waals surface area (Å²) < 4.78 is 0. The molecule has 6 heteroatoms. The number of thioether (sulfide) groups is 1. The number of fused-ring (bicyclic) bond motifs is 1. The highest BCUT2D eigenvalue weighted by atomic mass is 32.2. The molecule has 1 aliphatic heterocycles. The van der Waals surface area contributed by atoms with E-state index in [1.165, 1.54) is 0 Å². The first-order chi connectivity index (χ1) is 9.18. The maximum absolute atomic E-state index is 12.0. The Hall–Kier alpha value is -0.975. The molecule has 0 saturated heterocycles. The molecule has 0 bridgehead atoms. The third kappa shape index (κ3) is 3.99. The van der Waals surface area contributed by atoms with Crippen molar-refractivity contribution in [1.82, 2.24) is 0 Å². The van der Waals surface area contributed by atoms with Gasteiger partial charge in [0.1, 0.15) is 0 Å². The van der Waals surface area contributed by atoms with Gasteiger partial charge in [0.25, 0.3) is 0 Å². The maximum atomic E-state index is 12.0. The first kappa shape index (κ1) is 14.4. The number of anilines is 1. The maximum Gasteiger partial charge on any atom is 0.451 e. The van der Waals surface area contributed by atoms with Gasteiger partial charge >= 0.3 is 7.12 Å². The fraction of sp³-hybridized carbons (Fsp3) is 0.462. The lowest BCUT2D eigenvalue weighted by Crippen LogP contribution is -2.36. The van der Waals surface area contributed by atoms with Gasteiger partial charge in [0.15, 0.2) is 0 Å². The molecule has 1 aromatic rings. The summed E-state index contributed by atoms with van der Waals surface area (Å²) in [6.07, 6.45) is 2.96. The third-order valence-corrected chi connectivity index (χ3v) is 4.20. The Morgan fingerprint density at radius 3 is 2.79 bits per heavy atom. The van der Waals surface area contributed by atoms with Crippen LogP contribution in [0.1, 0.15) is 19.3 Å². The zero-order valence-corrected chi connectivity index (χ0v) is 11.6. The van der Waals surface area contributed by atoms with E-state index in [1.807, 2.05) is 29.2 Å². The molecule has 1 amide bonds. The highest BCUT2D eigenvalue weighted by molar-refractivity contribution is 8.00. The van der Waals surface area contributed by atoms with Crippen molar-refractivity contribution < 1.29 is 14.8 Å². The summed E-state index contributed by atoms with van der Waals surface area (Å²) >= 11 is 1.59. The van der Waals surface area contributed by atoms with Crippen molar-refractivity contribution in [1.29, 1.82) is 0 Å². The number of rotatable bonds is 6. The Kier molecular flexibility index (Phi) is 5.30. The molecule has 0 aromatic heterocycles. The number of carbonyl (C=O) groups excluding carboxylic acids is 1. The van der Waals surface area contributed by atoms with E-state index in [1.54, 1.807) is 11.8 Å². The lowest BCUT2D eigenvalue weighted by Gasteiger charge is -2.28. The minimum absolute atomic E-state index is 0.158. The van der Waals surface area contributed by atoms with Crippen LogP contribution in [0.4, 0.5) is 5.69 Å². The van der Waals surface area contributed by atoms with Gasteiger partial charge in [0.05, 0.1) is 11.4 Å². The van der Waals surface area contributed by atoms with E-state index in [-0.39, 0.29) is 5.91 Å². The number of benzene rings is 1. The molecule has 102 valence electrons. The monoisotopic (exact) mass is 279 g/mol. The van der Waals surface area contributed by atoms with Gasteiger partial charge in [-0.25, -0.2) is 0 Å². The van der Waals surface area contributed by atoms with Crippen molar-refractivity contribution in [2.45, 2.75) is 30.5 Å². The number of nitrogens with zero attached hydrogens (tertiary/aromatic N) is 1. The molecule has 0 radical (unpaired) electrons. The Morgan fingerprint density at radius 2 is 2.00 bits per heavy atom. The van der Waals surface area contributed by atoms with E-state index in [2.05, 4.69) is 0 Å². The van der Waals surface area contributed by atoms with Crippen molar-refractivity contribution in [3.05, 3.63) is 24.3 Å². The Morgan fingerprint density at radius 1 is 1.21 bits per heavy atom. The smallest absolute Gasteiger partial charge is 0.427 e. The van der Waals surface area contributed by atoms with Crippen LogP contribution >= 0.6 is 11.8 Å². The highest BCUT2D eigenvalue weighted by Crippen LogP contribution is 2.34. The van der Waals surface area contributed by atoms with Crippen molar-refractivity contribution in [3.8, 4) is 0 Å². The van der Waals surface area contributed by atoms with E-state index in [4.69, 9.17) is 10.0 Å². The van der Waals surface area contributed by atoms with Gasteiger partial charge in [-0.05, 0) is 24.9 Å². The molecule has 0 fully saturated rings. The molecular formula is C13H18BNO3S. The van der Waals surface area contributed by atoms with Crippen LogP contribution in [0.15, 0.2) is 29.2 Å². The van der Waals surface area contributed by atoms with Gasteiger partial charge in [-0.15, -0.1) is 11.8 Å². The van der Waals surface area contributed by atoms with E-state index < -0.39 is 7.12 Å². The molecule has 2 N–H and O–H groups in total. The Balaban J connectivity index is 1.87. The van der Waals surface area contributed by atoms with Gasteiger partial charge in [0.2, 0.25) is 5.91 Å². The van der Waals surface area contributed by atoms with Crippen molar-refractivity contribution >= 4 is 30.5 Å². The van der Waals surface area contributed by atoms with Gasteiger partial charge in [-0.2, -0.15) is 0 Å². The lowest BCUT2D eigenvalue weighted by molar-refractivity contribution is -0.116. The number of hydrogen-bond donors (Lipinski definition) is 2. The molecule has 0 spiro atoms. The fourth-order valence-electron chi connectivity index (χ4n) is 2.17. The van der Waals surface area contributed by atoms with E-state index in [0.717, 1.165) is 29.8 Å². The molecule has 1 heterocycles. The standard InChI is InChI=1S/C13H18BNO3S/c16-13-10-19-12-7-3-2-6-11(12)15(13)9-5-1-4-8-14(17)18/h2-3,6-7,17-18H,1,4-5,8-10H2. The predicted octanol–water partition coefficient (Wildman–Crippen LogP) is 1.77. The average Bonchev–Trinajstić information content (AvgIpc) is 2.40. The molecule has 4 nitrogen and oxygen atoms in total. The number of para-hydroxylation sites is 1. The highest BCUT2D eigenvalue weighted by Gasteiger charge is 2.23. The van der Waals surface area contributed by atoms with Crippen LogP contribution in [0.3, 0.4) is 0 Å². The number of amides is 1. The quantitative estimate of drug-likeness (QED) is 0.615. The molecule has 19 heavy (non-hydrogen) atoms. The van der Waals surface area contributed by atoms with E-state index >= 15 is 0 Å². The lowest BCUT2D eigenvalue weighted by atomic mass is 9.83. The molecule has 2 rings (SSSR count). The van der Waals surface area contributed by atoms with Crippen LogP contribution in [-0.2, 0) is 4.79 Å². The molecule has 0 atom stereocenters. The predicted molar refractivity (Wildman–Crippen MR) is 78.4 cm³/mol. The first-order valence-electron chi connectivity index (χ1n) is 6.57. The molecule has 0 unspecified atom stereocenters. The summed E-state index contributed by atoms with van der Waals surface area (Å²) in [5.74, 6) is 0.665. The van der Waals surface area contributed by atoms with Crippen molar-refractivity contribution in [2.75, 3.05) is 17.2 Å². The van der Waals surface area contributed by atoms with Crippen LogP contribution in [0.2, 0.25) is 6.32 Å². The second kappa shape index (κ2) is 6.98. The summed E-state index contributed by atoms with van der Waals surface area (Å²) in [4.78, 5) is 15.0. The normalized spacial score (nSPS) is 14.4. The van der Waals surface area contributed by atoms with Gasteiger partial charge in [-0.3, -0.25) is 4.79 Å². The molecule has 1 aromatic carbocycles. The Bertz CT molecular complexity index is 442. The van der Waals surface area contributed by atoms with Crippen LogP contribution in [0, 0.1) is 0 Å². The van der Waals surface area contributed by atoms with Crippen LogP contribution in [-0.4, -0.2) is 35.4 Å². The number of carbonyl (C=O) groups is 1. The van der Waals surface area contributed by atoms with Gasteiger partial charge in [0, 0.05) is 11.4 Å². The zero-order chi connectivity index (χ0) is 13.7. The minimum Gasteiger partial charge on any atom is -0.427 e. The molecule has 0 aliphatic carbocycles. The second-order valence-electron chi connectivity index (χ2n) is 4.63. The minimum atomic E-state index is -1.21. The molecular weight excluding hydrogens is 261 g/mol. The topological polar surface area (TPSA) is 60.8 Å². The summed E-state index contributed by atoms with van der Waals surface area (Å²) in [7, 11) is -1.21. The number of hydrogen-bond acceptors (Lipinski definition) is 4. The summed E-state index contributed by atoms with van der Waals surface area (Å²) in [6, 6.07) is 7.97. The first-order valence-corrected chi connectivity index (χ1v) is 7.55. The number of unbranched alkanes of at least 4 members (excludes halogenated alkanes) is 2. The third-order valence-electron chi connectivity index (χ3n) is 3.15. The van der Waals surface area contributed by atoms with Crippen LogP contribution in [0.25, 0.3) is 0 Å². The molecule has 1 aliphatic rings. The zero-order valence-electron chi connectivity index (χ0n) is 10.8. The molecule has 0 saturated carbocycles. The summed E-state index contributed by atoms with van der Waals surface area (Å²) in [5, 5.41) is 17.5. The van der Waals surface area contributed by atoms with Gasteiger partial charge in [-0.1, -0.05) is 25.0 Å². The second-order valence-corrected chi connectivity index (χ2v) is 5.65. The van der Waals surface area contributed by atoms with E-state index in [9.17, 15) is 4.79 Å². The van der Waals surface area contributed by atoms with Crippen LogP contribution in [0.5, 0.6) is 0 Å². The van der Waals surface area contributed by atoms with Crippen molar-refractivity contribution in [3.63, 3.8) is 0 Å². The summed E-state index contributed by atoms with van der Waals surface area (Å²) in [5.41, 5.74) is 1.01. The SMILES string of the molecule is O=C1CSc2ccccc2N1CCCCCB(O)O. The van der Waals surface area contributed by atoms with E-state index in [0.29, 0.717) is 18.6 Å². The largest absolute Gasteiger partial charge is 0.451 e. The Labute approximate surface area is 118 Å².